The molecule has 3 N–H and O–H groups in total. The van der Waals surface area contributed by atoms with Crippen LogP contribution in [0.1, 0.15) is 12.8 Å². The molecule has 0 atom stereocenters. The Bertz CT molecular complexity index is 1890. The second-order valence-electron chi connectivity index (χ2n) is 9.72. The van der Waals surface area contributed by atoms with Crippen LogP contribution in [0, 0.1) is 11.7 Å². The molecule has 1 saturated carbocycles. The number of amides is 1. The van der Waals surface area contributed by atoms with E-state index in [0.717, 1.165) is 51.6 Å². The van der Waals surface area contributed by atoms with Gasteiger partial charge in [-0.2, -0.15) is 5.10 Å². The highest BCUT2D eigenvalue weighted by atomic mass is 19.1. The van der Waals surface area contributed by atoms with Gasteiger partial charge in [-0.05, 0) is 66.4 Å². The first kappa shape index (κ1) is 23.1. The van der Waals surface area contributed by atoms with Crippen molar-refractivity contribution in [2.45, 2.75) is 12.8 Å². The highest BCUT2D eigenvalue weighted by molar-refractivity contribution is 6.01. The maximum absolute atomic E-state index is 14.3. The quantitative estimate of drug-likeness (QED) is 0.239. The fraction of sp³-hybridized carbons (Fsp3) is 0.133. The number of rotatable bonds is 6. The lowest BCUT2D eigenvalue weighted by molar-refractivity contribution is -0.117. The molecule has 4 aromatic heterocycles. The lowest BCUT2D eigenvalue weighted by atomic mass is 10.0. The zero-order valence-electron chi connectivity index (χ0n) is 21.0. The smallest absolute Gasteiger partial charge is 0.227 e. The van der Waals surface area contributed by atoms with Crippen LogP contribution in [0.5, 0.6) is 5.75 Å². The Morgan fingerprint density at radius 1 is 1.03 bits per heavy atom. The number of hydrogen-bond donors (Lipinski definition) is 3. The number of fused-ring (bicyclic) bond motifs is 2. The van der Waals surface area contributed by atoms with Crippen molar-refractivity contribution >= 4 is 33.5 Å². The molecule has 0 bridgehead atoms. The van der Waals surface area contributed by atoms with Gasteiger partial charge in [0.25, 0.3) is 0 Å². The van der Waals surface area contributed by atoms with Crippen molar-refractivity contribution in [1.82, 2.24) is 25.1 Å². The van der Waals surface area contributed by atoms with E-state index in [4.69, 9.17) is 9.72 Å². The van der Waals surface area contributed by atoms with Gasteiger partial charge in [-0.15, -0.1) is 0 Å². The van der Waals surface area contributed by atoms with E-state index < -0.39 is 0 Å². The van der Waals surface area contributed by atoms with E-state index in [9.17, 15) is 9.18 Å². The number of halogens is 1. The van der Waals surface area contributed by atoms with Gasteiger partial charge in [-0.1, -0.05) is 12.1 Å². The Morgan fingerprint density at radius 3 is 2.77 bits per heavy atom. The maximum atomic E-state index is 14.3. The van der Waals surface area contributed by atoms with Crippen LogP contribution in [0.2, 0.25) is 0 Å². The normalized spacial score (nSPS) is 13.2. The summed E-state index contributed by atoms with van der Waals surface area (Å²) in [5.74, 6) is 0.233. The molecule has 39 heavy (non-hydrogen) atoms. The number of aromatic amines is 2. The fourth-order valence-electron chi connectivity index (χ4n) is 4.86. The van der Waals surface area contributed by atoms with Crippen molar-refractivity contribution in [2.24, 2.45) is 5.92 Å². The maximum Gasteiger partial charge on any atom is 0.227 e. The van der Waals surface area contributed by atoms with Gasteiger partial charge in [0, 0.05) is 34.6 Å². The Morgan fingerprint density at radius 2 is 1.92 bits per heavy atom. The molecule has 192 valence electrons. The van der Waals surface area contributed by atoms with Gasteiger partial charge in [-0.25, -0.2) is 9.37 Å². The van der Waals surface area contributed by atoms with Crippen LogP contribution < -0.4 is 10.1 Å². The SMILES string of the molecule is COc1cc(F)cc(-c2cccc3[nH]c(-c4n[nH]c5ccc(-c6cncc(NC(=O)C7CC7)c6)nc45)cc23)c1. The molecule has 1 aliphatic rings. The topological polar surface area (TPSA) is 109 Å². The zero-order valence-corrected chi connectivity index (χ0v) is 21.0. The molecule has 0 unspecified atom stereocenters. The molecule has 9 heteroatoms. The summed E-state index contributed by atoms with van der Waals surface area (Å²) >= 11 is 0. The van der Waals surface area contributed by atoms with Gasteiger partial charge in [0.2, 0.25) is 5.91 Å². The van der Waals surface area contributed by atoms with E-state index in [-0.39, 0.29) is 17.6 Å². The third-order valence-electron chi connectivity index (χ3n) is 6.99. The molecule has 0 aliphatic heterocycles. The highest BCUT2D eigenvalue weighted by Gasteiger charge is 2.29. The van der Waals surface area contributed by atoms with Crippen molar-refractivity contribution in [1.29, 1.82) is 0 Å². The molecule has 4 heterocycles. The van der Waals surface area contributed by atoms with Crippen molar-refractivity contribution < 1.29 is 13.9 Å². The zero-order chi connectivity index (χ0) is 26.5. The van der Waals surface area contributed by atoms with E-state index in [1.165, 1.54) is 19.2 Å². The number of aromatic nitrogens is 5. The average molecular weight is 519 g/mol. The van der Waals surface area contributed by atoms with Gasteiger partial charge in [0.05, 0.1) is 35.9 Å². The molecule has 6 aromatic rings. The molecule has 7 rings (SSSR count). The number of hydrogen-bond acceptors (Lipinski definition) is 5. The number of pyridine rings is 2. The summed E-state index contributed by atoms with van der Waals surface area (Å²) in [4.78, 5) is 24.9. The van der Waals surface area contributed by atoms with Crippen LogP contribution in [0.25, 0.3) is 55.7 Å². The first-order chi connectivity index (χ1) is 19.1. The van der Waals surface area contributed by atoms with Gasteiger partial charge >= 0.3 is 0 Å². The summed E-state index contributed by atoms with van der Waals surface area (Å²) < 4.78 is 19.5. The van der Waals surface area contributed by atoms with E-state index in [2.05, 4.69) is 25.5 Å². The van der Waals surface area contributed by atoms with Crippen LogP contribution in [-0.4, -0.2) is 38.2 Å². The molecule has 0 radical (unpaired) electrons. The number of H-pyrrole nitrogens is 2. The van der Waals surface area contributed by atoms with Crippen LogP contribution in [0.3, 0.4) is 0 Å². The van der Waals surface area contributed by atoms with Crippen molar-refractivity contribution in [2.75, 3.05) is 12.4 Å². The second kappa shape index (κ2) is 9.05. The summed E-state index contributed by atoms with van der Waals surface area (Å²) in [5.41, 5.74) is 7.55. The van der Waals surface area contributed by atoms with Gasteiger partial charge in [-0.3, -0.25) is 14.9 Å². The lowest BCUT2D eigenvalue weighted by Crippen LogP contribution is -2.13. The van der Waals surface area contributed by atoms with E-state index >= 15 is 0 Å². The predicted octanol–water partition coefficient (Wildman–Crippen LogP) is 6.33. The van der Waals surface area contributed by atoms with Crippen LogP contribution >= 0.6 is 0 Å². The highest BCUT2D eigenvalue weighted by Crippen LogP contribution is 2.36. The predicted molar refractivity (Wildman–Crippen MR) is 148 cm³/mol. The molecular formula is C30H23FN6O2. The first-order valence-electron chi connectivity index (χ1n) is 12.6. The van der Waals surface area contributed by atoms with Crippen LogP contribution in [-0.2, 0) is 4.79 Å². The van der Waals surface area contributed by atoms with Crippen LogP contribution in [0.4, 0.5) is 10.1 Å². The van der Waals surface area contributed by atoms with E-state index in [1.54, 1.807) is 12.4 Å². The van der Waals surface area contributed by atoms with Crippen molar-refractivity contribution in [3.8, 4) is 39.5 Å². The fourth-order valence-corrected chi connectivity index (χ4v) is 4.86. The summed E-state index contributed by atoms with van der Waals surface area (Å²) in [6.45, 7) is 0. The Kier molecular flexibility index (Phi) is 5.36. The number of benzene rings is 2. The Balaban J connectivity index is 1.28. The van der Waals surface area contributed by atoms with Crippen LogP contribution in [0.15, 0.2) is 73.1 Å². The molecular weight excluding hydrogens is 495 g/mol. The summed E-state index contributed by atoms with van der Waals surface area (Å²) in [6.07, 6.45) is 5.24. The molecule has 2 aromatic carbocycles. The lowest BCUT2D eigenvalue weighted by Gasteiger charge is -2.07. The molecule has 0 saturated heterocycles. The van der Waals surface area contributed by atoms with Crippen molar-refractivity contribution in [3.05, 3.63) is 78.9 Å². The van der Waals surface area contributed by atoms with Crippen molar-refractivity contribution in [3.63, 3.8) is 0 Å². The number of ether oxygens (including phenoxy) is 1. The number of methoxy groups -OCH3 is 1. The molecule has 1 fully saturated rings. The van der Waals surface area contributed by atoms with Gasteiger partial charge in [0.1, 0.15) is 22.8 Å². The van der Waals surface area contributed by atoms with E-state index in [0.29, 0.717) is 28.3 Å². The average Bonchev–Trinajstić information content (AvgIpc) is 3.58. The molecule has 0 spiro atoms. The molecule has 1 aliphatic carbocycles. The third kappa shape index (κ3) is 4.27. The molecule has 1 amide bonds. The second-order valence-corrected chi connectivity index (χ2v) is 9.72. The Labute approximate surface area is 222 Å². The summed E-state index contributed by atoms with van der Waals surface area (Å²) in [6, 6.07) is 18.2. The van der Waals surface area contributed by atoms with Gasteiger partial charge in [0.15, 0.2) is 0 Å². The largest absolute Gasteiger partial charge is 0.497 e. The van der Waals surface area contributed by atoms with E-state index in [1.807, 2.05) is 48.5 Å². The number of anilines is 1. The number of nitrogens with one attached hydrogen (secondary N) is 3. The minimum Gasteiger partial charge on any atom is -0.497 e. The standard InChI is InChI=1S/C30H23FN6O2/c1-39-21-11-17(9-19(31)12-21)22-3-2-4-25-23(22)13-27(34-25)29-28-26(36-37-29)8-7-24(35-28)18-10-20(15-32-14-18)33-30(38)16-5-6-16/h2-4,7-16,34H,5-6H2,1H3,(H,33,38)(H,36,37). The van der Waals surface area contributed by atoms with Gasteiger partial charge < -0.3 is 15.0 Å². The summed E-state index contributed by atoms with van der Waals surface area (Å²) in [5, 5.41) is 11.5. The number of carbonyl (C=O) groups excluding carboxylic acids is 1. The third-order valence-corrected chi connectivity index (χ3v) is 6.99. The number of carbonyl (C=O) groups is 1. The molecule has 8 nitrogen and oxygen atoms in total. The first-order valence-corrected chi connectivity index (χ1v) is 12.6. The minimum absolute atomic E-state index is 0.0318. The minimum atomic E-state index is -0.363. The monoisotopic (exact) mass is 518 g/mol. The number of nitrogens with zero attached hydrogens (tertiary/aromatic N) is 3. The Hall–Kier alpha value is -5.05. The summed E-state index contributed by atoms with van der Waals surface area (Å²) in [7, 11) is 1.52.